The first kappa shape index (κ1) is 14.7. The van der Waals surface area contributed by atoms with Crippen LogP contribution >= 0.6 is 11.8 Å². The maximum atomic E-state index is 12.4. The Kier molecular flexibility index (Phi) is 4.49. The Morgan fingerprint density at radius 2 is 1.95 bits per heavy atom. The smallest absolute Gasteiger partial charge is 0.237 e. The maximum absolute atomic E-state index is 12.4. The van der Waals surface area contributed by atoms with Crippen molar-refractivity contribution < 1.29 is 9.21 Å². The highest BCUT2D eigenvalue weighted by Gasteiger charge is 2.15. The Balaban J connectivity index is 1.67. The molecule has 4 heteroatoms. The van der Waals surface area contributed by atoms with Crippen molar-refractivity contribution in [2.45, 2.75) is 17.9 Å². The van der Waals surface area contributed by atoms with Gasteiger partial charge >= 0.3 is 0 Å². The molecule has 1 unspecified atom stereocenters. The van der Waals surface area contributed by atoms with Crippen LogP contribution in [-0.4, -0.2) is 11.2 Å². The number of rotatable bonds is 5. The lowest BCUT2D eigenvalue weighted by molar-refractivity contribution is -0.115. The number of nitrogens with one attached hydrogen (secondary N) is 1. The predicted molar refractivity (Wildman–Crippen MR) is 92.0 cm³/mol. The molecule has 1 heterocycles. The normalized spacial score (nSPS) is 12.2. The van der Waals surface area contributed by atoms with Crippen LogP contribution in [0.2, 0.25) is 0 Å². The maximum Gasteiger partial charge on any atom is 0.237 e. The van der Waals surface area contributed by atoms with Gasteiger partial charge in [0.2, 0.25) is 5.91 Å². The van der Waals surface area contributed by atoms with Crippen molar-refractivity contribution in [3.8, 4) is 0 Å². The van der Waals surface area contributed by atoms with E-state index in [1.54, 1.807) is 18.0 Å². The molecule has 3 aromatic rings. The second-order valence-corrected chi connectivity index (χ2v) is 6.38. The molecular formula is C18H17NO2S. The van der Waals surface area contributed by atoms with Crippen LogP contribution in [0.15, 0.2) is 65.3 Å². The van der Waals surface area contributed by atoms with Crippen LogP contribution in [0.3, 0.4) is 0 Å². The summed E-state index contributed by atoms with van der Waals surface area (Å²) in [5.74, 6) is 1.58. The second kappa shape index (κ2) is 6.71. The number of hydrogen-bond acceptors (Lipinski definition) is 3. The highest BCUT2D eigenvalue weighted by atomic mass is 32.2. The molecule has 0 radical (unpaired) electrons. The molecule has 112 valence electrons. The molecule has 1 aromatic heterocycles. The van der Waals surface area contributed by atoms with Gasteiger partial charge in [-0.15, -0.1) is 11.8 Å². The zero-order valence-corrected chi connectivity index (χ0v) is 13.1. The summed E-state index contributed by atoms with van der Waals surface area (Å²) in [6.45, 7) is 1.91. The minimum atomic E-state index is -0.149. The van der Waals surface area contributed by atoms with E-state index in [1.165, 1.54) is 0 Å². The summed E-state index contributed by atoms with van der Waals surface area (Å²) in [4.78, 5) is 12.4. The molecule has 0 aliphatic rings. The summed E-state index contributed by atoms with van der Waals surface area (Å²) in [5.41, 5.74) is 0.855. The minimum absolute atomic E-state index is 0.00732. The molecule has 0 aliphatic carbocycles. The lowest BCUT2D eigenvalue weighted by Gasteiger charge is -2.13. The molecule has 3 nitrogen and oxygen atoms in total. The fraction of sp³-hybridized carbons (Fsp3) is 0.167. The third-order valence-electron chi connectivity index (χ3n) is 3.47. The van der Waals surface area contributed by atoms with Crippen LogP contribution in [0.5, 0.6) is 0 Å². The van der Waals surface area contributed by atoms with Crippen molar-refractivity contribution in [1.29, 1.82) is 0 Å². The first-order chi connectivity index (χ1) is 10.7. The Morgan fingerprint density at radius 3 is 2.77 bits per heavy atom. The van der Waals surface area contributed by atoms with Crippen LogP contribution < -0.4 is 5.32 Å². The van der Waals surface area contributed by atoms with Crippen molar-refractivity contribution in [3.63, 3.8) is 0 Å². The number of amides is 1. The van der Waals surface area contributed by atoms with Crippen LogP contribution in [-0.2, 0) is 10.5 Å². The molecule has 0 spiro atoms. The van der Waals surface area contributed by atoms with E-state index in [4.69, 9.17) is 4.42 Å². The van der Waals surface area contributed by atoms with Crippen LogP contribution in [0.4, 0.5) is 5.69 Å². The summed E-state index contributed by atoms with van der Waals surface area (Å²) in [6, 6.07) is 17.7. The average molecular weight is 311 g/mol. The predicted octanol–water partition coefficient (Wildman–Crippen LogP) is 4.69. The Bertz CT molecular complexity index is 762. The molecule has 22 heavy (non-hydrogen) atoms. The molecule has 1 amide bonds. The third kappa shape index (κ3) is 3.34. The molecule has 0 saturated carbocycles. The van der Waals surface area contributed by atoms with Gasteiger partial charge in [0.25, 0.3) is 0 Å². The van der Waals surface area contributed by atoms with Crippen molar-refractivity contribution in [3.05, 3.63) is 66.6 Å². The van der Waals surface area contributed by atoms with Crippen LogP contribution in [0.1, 0.15) is 12.7 Å². The van der Waals surface area contributed by atoms with E-state index in [9.17, 15) is 4.79 Å². The zero-order valence-electron chi connectivity index (χ0n) is 12.3. The molecule has 0 saturated heterocycles. The average Bonchev–Trinajstić information content (AvgIpc) is 3.06. The molecule has 2 aromatic carbocycles. The van der Waals surface area contributed by atoms with E-state index in [0.717, 1.165) is 22.2 Å². The SMILES string of the molecule is CC(SCc1ccco1)C(=O)Nc1cccc2ccccc12. The van der Waals surface area contributed by atoms with Gasteiger partial charge < -0.3 is 9.73 Å². The number of furan rings is 1. The zero-order chi connectivity index (χ0) is 15.4. The van der Waals surface area contributed by atoms with Gasteiger partial charge in [-0.05, 0) is 30.5 Å². The topological polar surface area (TPSA) is 42.2 Å². The number of anilines is 1. The van der Waals surface area contributed by atoms with E-state index < -0.39 is 0 Å². The summed E-state index contributed by atoms with van der Waals surface area (Å²) >= 11 is 1.56. The van der Waals surface area contributed by atoms with Gasteiger partial charge in [0.05, 0.1) is 17.3 Å². The van der Waals surface area contributed by atoms with E-state index in [0.29, 0.717) is 5.75 Å². The highest BCUT2D eigenvalue weighted by molar-refractivity contribution is 7.99. The number of hydrogen-bond donors (Lipinski definition) is 1. The number of benzene rings is 2. The standard InChI is InChI=1S/C18H17NO2S/c1-13(22-12-15-8-5-11-21-15)18(20)19-17-10-4-7-14-6-2-3-9-16(14)17/h2-11,13H,12H2,1H3,(H,19,20). The van der Waals surface area contributed by atoms with Crippen LogP contribution in [0, 0.1) is 0 Å². The molecule has 0 bridgehead atoms. The third-order valence-corrected chi connectivity index (χ3v) is 4.64. The molecule has 0 aliphatic heterocycles. The summed E-state index contributed by atoms with van der Waals surface area (Å²) in [6.07, 6.45) is 1.65. The lowest BCUT2D eigenvalue weighted by atomic mass is 10.1. The quantitative estimate of drug-likeness (QED) is 0.743. The Labute approximate surface area is 133 Å². The van der Waals surface area contributed by atoms with Gasteiger partial charge in [-0.1, -0.05) is 36.4 Å². The van der Waals surface area contributed by atoms with E-state index >= 15 is 0 Å². The van der Waals surface area contributed by atoms with Gasteiger partial charge in [0.15, 0.2) is 0 Å². The number of carbonyl (C=O) groups excluding carboxylic acids is 1. The van der Waals surface area contributed by atoms with Gasteiger partial charge in [-0.25, -0.2) is 0 Å². The van der Waals surface area contributed by atoms with Crippen molar-refractivity contribution >= 4 is 34.1 Å². The second-order valence-electron chi connectivity index (χ2n) is 5.05. The van der Waals surface area contributed by atoms with Gasteiger partial charge in [-0.2, -0.15) is 0 Å². The fourth-order valence-electron chi connectivity index (χ4n) is 2.25. The number of thioether (sulfide) groups is 1. The Hall–Kier alpha value is -2.20. The van der Waals surface area contributed by atoms with Crippen molar-refractivity contribution in [2.75, 3.05) is 5.32 Å². The van der Waals surface area contributed by atoms with E-state index in [2.05, 4.69) is 5.32 Å². The monoisotopic (exact) mass is 311 g/mol. The molecule has 1 atom stereocenters. The van der Waals surface area contributed by atoms with E-state index in [1.807, 2.05) is 61.5 Å². The van der Waals surface area contributed by atoms with Crippen molar-refractivity contribution in [2.24, 2.45) is 0 Å². The first-order valence-electron chi connectivity index (χ1n) is 7.16. The summed E-state index contributed by atoms with van der Waals surface area (Å²) < 4.78 is 5.29. The van der Waals surface area contributed by atoms with Gasteiger partial charge in [-0.3, -0.25) is 4.79 Å². The molecule has 1 N–H and O–H groups in total. The summed E-state index contributed by atoms with van der Waals surface area (Å²) in [5, 5.41) is 5.05. The number of fused-ring (bicyclic) bond motifs is 1. The van der Waals surface area contributed by atoms with Gasteiger partial charge in [0, 0.05) is 11.1 Å². The molecule has 3 rings (SSSR count). The first-order valence-corrected chi connectivity index (χ1v) is 8.21. The van der Waals surface area contributed by atoms with E-state index in [-0.39, 0.29) is 11.2 Å². The number of carbonyl (C=O) groups is 1. The van der Waals surface area contributed by atoms with Crippen molar-refractivity contribution in [1.82, 2.24) is 0 Å². The summed E-state index contributed by atoms with van der Waals surface area (Å²) in [7, 11) is 0. The lowest BCUT2D eigenvalue weighted by Crippen LogP contribution is -2.22. The van der Waals surface area contributed by atoms with Crippen LogP contribution in [0.25, 0.3) is 10.8 Å². The highest BCUT2D eigenvalue weighted by Crippen LogP contribution is 2.25. The fourth-order valence-corrected chi connectivity index (χ4v) is 3.04. The van der Waals surface area contributed by atoms with Gasteiger partial charge in [0.1, 0.15) is 5.76 Å². The largest absolute Gasteiger partial charge is 0.468 e. The Morgan fingerprint density at radius 1 is 1.14 bits per heavy atom. The molecular weight excluding hydrogens is 294 g/mol. The molecule has 0 fully saturated rings. The minimum Gasteiger partial charge on any atom is -0.468 e.